The number of likely N-dealkylation sites (N-methyl/N-ethyl adjacent to an activating group) is 1. The van der Waals surface area contributed by atoms with E-state index in [9.17, 15) is 22.4 Å². The van der Waals surface area contributed by atoms with E-state index in [1.54, 1.807) is 6.92 Å². The first-order valence-electron chi connectivity index (χ1n) is 11.6. The third-order valence-electron chi connectivity index (χ3n) is 6.06. The number of anilines is 1. The summed E-state index contributed by atoms with van der Waals surface area (Å²) in [6, 6.07) is 17.1. The molecule has 2 amide bonds. The standard InChI is InChI=1S/C27H30FN3O5S/c1-19-7-5-6-8-21(19)17-30(20(2)27(33)29-3)26(32)18-31(23-11-9-22(28)10-12-23)37(34,35)25-15-13-24(36-4)14-16-25/h5-16,20H,17-18H2,1-4H3,(H,29,33)/t20-/m0/s1. The largest absolute Gasteiger partial charge is 0.497 e. The highest BCUT2D eigenvalue weighted by Crippen LogP contribution is 2.26. The van der Waals surface area contributed by atoms with Crippen LogP contribution in [-0.4, -0.2) is 51.9 Å². The van der Waals surface area contributed by atoms with E-state index in [-0.39, 0.29) is 17.1 Å². The summed E-state index contributed by atoms with van der Waals surface area (Å²) in [5.74, 6) is -1.08. The van der Waals surface area contributed by atoms with Gasteiger partial charge >= 0.3 is 0 Å². The van der Waals surface area contributed by atoms with Crippen LogP contribution in [0.5, 0.6) is 5.75 Å². The molecule has 0 unspecified atom stereocenters. The number of hydrogen-bond acceptors (Lipinski definition) is 5. The summed E-state index contributed by atoms with van der Waals surface area (Å²) in [5, 5.41) is 2.54. The van der Waals surface area contributed by atoms with Crippen molar-refractivity contribution in [2.24, 2.45) is 0 Å². The molecule has 0 radical (unpaired) electrons. The molecule has 0 aromatic heterocycles. The summed E-state index contributed by atoms with van der Waals surface area (Å²) in [7, 11) is -1.32. The average Bonchev–Trinajstić information content (AvgIpc) is 2.90. The number of benzene rings is 3. The number of sulfonamides is 1. The molecule has 1 N–H and O–H groups in total. The predicted octanol–water partition coefficient (Wildman–Crippen LogP) is 3.50. The lowest BCUT2D eigenvalue weighted by atomic mass is 10.1. The molecule has 0 saturated heterocycles. The van der Waals surface area contributed by atoms with Gasteiger partial charge < -0.3 is 15.0 Å². The third kappa shape index (κ3) is 6.45. The summed E-state index contributed by atoms with van der Waals surface area (Å²) in [5.41, 5.74) is 1.85. The molecule has 3 aromatic carbocycles. The zero-order valence-corrected chi connectivity index (χ0v) is 22.0. The third-order valence-corrected chi connectivity index (χ3v) is 7.84. The van der Waals surface area contributed by atoms with E-state index in [4.69, 9.17) is 4.74 Å². The van der Waals surface area contributed by atoms with Gasteiger partial charge in [0.1, 0.15) is 24.2 Å². The second-order valence-electron chi connectivity index (χ2n) is 8.40. The maximum absolute atomic E-state index is 13.7. The van der Waals surface area contributed by atoms with Gasteiger partial charge in [-0.3, -0.25) is 13.9 Å². The van der Waals surface area contributed by atoms with Crippen LogP contribution in [0.1, 0.15) is 18.1 Å². The van der Waals surface area contributed by atoms with Crippen LogP contribution >= 0.6 is 0 Å². The summed E-state index contributed by atoms with van der Waals surface area (Å²) in [6.07, 6.45) is 0. The van der Waals surface area contributed by atoms with E-state index in [0.29, 0.717) is 5.75 Å². The molecule has 3 rings (SSSR count). The maximum atomic E-state index is 13.7. The SMILES string of the molecule is CNC(=O)[C@H](C)N(Cc1ccccc1C)C(=O)CN(c1ccc(F)cc1)S(=O)(=O)c1ccc(OC)cc1. The fraction of sp³-hybridized carbons (Fsp3) is 0.259. The van der Waals surface area contributed by atoms with Crippen LogP contribution in [0.25, 0.3) is 0 Å². The average molecular weight is 528 g/mol. The summed E-state index contributed by atoms with van der Waals surface area (Å²) >= 11 is 0. The first-order chi connectivity index (χ1) is 17.6. The van der Waals surface area contributed by atoms with Crippen molar-refractivity contribution >= 4 is 27.5 Å². The quantitative estimate of drug-likeness (QED) is 0.436. The van der Waals surface area contributed by atoms with Gasteiger partial charge in [0.2, 0.25) is 11.8 Å². The van der Waals surface area contributed by atoms with E-state index in [0.717, 1.165) is 27.6 Å². The minimum absolute atomic E-state index is 0.0739. The van der Waals surface area contributed by atoms with Crippen LogP contribution in [0, 0.1) is 12.7 Å². The van der Waals surface area contributed by atoms with Crippen LogP contribution in [0.4, 0.5) is 10.1 Å². The molecule has 0 saturated carbocycles. The highest BCUT2D eigenvalue weighted by molar-refractivity contribution is 7.92. The first-order valence-corrected chi connectivity index (χ1v) is 13.0. The number of ether oxygens (including phenoxy) is 1. The number of carbonyl (C=O) groups excluding carboxylic acids is 2. The molecule has 0 aliphatic heterocycles. The van der Waals surface area contributed by atoms with Crippen molar-refractivity contribution in [2.75, 3.05) is 25.0 Å². The van der Waals surface area contributed by atoms with Gasteiger partial charge in [0.25, 0.3) is 10.0 Å². The van der Waals surface area contributed by atoms with Crippen molar-refractivity contribution in [1.82, 2.24) is 10.2 Å². The number of carbonyl (C=O) groups is 2. The fourth-order valence-corrected chi connectivity index (χ4v) is 5.19. The topological polar surface area (TPSA) is 96.0 Å². The van der Waals surface area contributed by atoms with E-state index >= 15 is 0 Å². The second-order valence-corrected chi connectivity index (χ2v) is 10.3. The van der Waals surface area contributed by atoms with Gasteiger partial charge in [0, 0.05) is 13.6 Å². The van der Waals surface area contributed by atoms with E-state index in [1.807, 2.05) is 31.2 Å². The fourth-order valence-electron chi connectivity index (χ4n) is 3.77. The van der Waals surface area contributed by atoms with Gasteiger partial charge in [-0.2, -0.15) is 0 Å². The van der Waals surface area contributed by atoms with Gasteiger partial charge in [-0.05, 0) is 73.5 Å². The molecule has 0 heterocycles. The number of methoxy groups -OCH3 is 1. The summed E-state index contributed by atoms with van der Waals surface area (Å²) in [6.45, 7) is 2.96. The van der Waals surface area contributed by atoms with Gasteiger partial charge in [-0.1, -0.05) is 24.3 Å². The monoisotopic (exact) mass is 527 g/mol. The van der Waals surface area contributed by atoms with Gasteiger partial charge in [-0.15, -0.1) is 0 Å². The molecular weight excluding hydrogens is 497 g/mol. The molecule has 0 aliphatic carbocycles. The molecule has 1 atom stereocenters. The Hall–Kier alpha value is -3.92. The van der Waals surface area contributed by atoms with Crippen LogP contribution in [-0.2, 0) is 26.2 Å². The van der Waals surface area contributed by atoms with Crippen molar-refractivity contribution in [1.29, 1.82) is 0 Å². The molecule has 0 fully saturated rings. The number of nitrogens with one attached hydrogen (secondary N) is 1. The van der Waals surface area contributed by atoms with Crippen molar-refractivity contribution in [3.63, 3.8) is 0 Å². The lowest BCUT2D eigenvalue weighted by Crippen LogP contribution is -2.50. The molecular formula is C27H30FN3O5S. The van der Waals surface area contributed by atoms with E-state index in [1.165, 1.54) is 55.5 Å². The second kappa shape index (κ2) is 11.9. The normalized spacial score (nSPS) is 11.9. The highest BCUT2D eigenvalue weighted by atomic mass is 32.2. The molecule has 8 nitrogen and oxygen atoms in total. The Morgan fingerprint density at radius 3 is 2.19 bits per heavy atom. The van der Waals surface area contributed by atoms with E-state index < -0.39 is 40.2 Å². The smallest absolute Gasteiger partial charge is 0.264 e. The Bertz CT molecular complexity index is 1350. The van der Waals surface area contributed by atoms with Gasteiger partial charge in [0.05, 0.1) is 17.7 Å². The lowest BCUT2D eigenvalue weighted by molar-refractivity contribution is -0.139. The van der Waals surface area contributed by atoms with Crippen molar-refractivity contribution in [3.05, 3.63) is 89.7 Å². The minimum atomic E-state index is -4.25. The summed E-state index contributed by atoms with van der Waals surface area (Å²) < 4.78 is 47.1. The molecule has 0 bridgehead atoms. The first kappa shape index (κ1) is 27.7. The minimum Gasteiger partial charge on any atom is -0.497 e. The predicted molar refractivity (Wildman–Crippen MR) is 139 cm³/mol. The Morgan fingerprint density at radius 2 is 1.62 bits per heavy atom. The van der Waals surface area contributed by atoms with Gasteiger partial charge in [0.15, 0.2) is 0 Å². The van der Waals surface area contributed by atoms with Crippen LogP contribution in [0.3, 0.4) is 0 Å². The number of halogens is 1. The molecule has 10 heteroatoms. The molecule has 0 aliphatic rings. The number of hydrogen-bond donors (Lipinski definition) is 1. The number of nitrogens with zero attached hydrogens (tertiary/aromatic N) is 2. The summed E-state index contributed by atoms with van der Waals surface area (Å²) in [4.78, 5) is 27.5. The number of rotatable bonds is 10. The van der Waals surface area contributed by atoms with Crippen molar-refractivity contribution < 1.29 is 27.1 Å². The van der Waals surface area contributed by atoms with Crippen molar-refractivity contribution in [2.45, 2.75) is 31.3 Å². The zero-order valence-electron chi connectivity index (χ0n) is 21.1. The molecule has 37 heavy (non-hydrogen) atoms. The van der Waals surface area contributed by atoms with Crippen LogP contribution < -0.4 is 14.4 Å². The maximum Gasteiger partial charge on any atom is 0.264 e. The Labute approximate surface area is 216 Å². The Kier molecular flexibility index (Phi) is 8.88. The molecule has 3 aromatic rings. The highest BCUT2D eigenvalue weighted by Gasteiger charge is 2.32. The lowest BCUT2D eigenvalue weighted by Gasteiger charge is -2.32. The van der Waals surface area contributed by atoms with Gasteiger partial charge in [-0.25, -0.2) is 12.8 Å². The van der Waals surface area contributed by atoms with E-state index in [2.05, 4.69) is 5.32 Å². The van der Waals surface area contributed by atoms with Crippen LogP contribution in [0.15, 0.2) is 77.7 Å². The van der Waals surface area contributed by atoms with Crippen LogP contribution in [0.2, 0.25) is 0 Å². The number of aryl methyl sites for hydroxylation is 1. The molecule has 196 valence electrons. The van der Waals surface area contributed by atoms with Crippen molar-refractivity contribution in [3.8, 4) is 5.75 Å². The Morgan fingerprint density at radius 1 is 1.00 bits per heavy atom. The Balaban J connectivity index is 2.03. The molecule has 0 spiro atoms. The zero-order chi connectivity index (χ0) is 27.2. The number of amides is 2.